The lowest BCUT2D eigenvalue weighted by Crippen LogP contribution is -2.48. The molecular formula is C27H32N2O6. The van der Waals surface area contributed by atoms with E-state index in [0.29, 0.717) is 32.5 Å². The van der Waals surface area contributed by atoms with Crippen molar-refractivity contribution in [3.8, 4) is 11.1 Å². The summed E-state index contributed by atoms with van der Waals surface area (Å²) in [4.78, 5) is 37.0. The zero-order valence-electron chi connectivity index (χ0n) is 19.9. The second kappa shape index (κ2) is 10.9. The van der Waals surface area contributed by atoms with Crippen LogP contribution >= 0.6 is 0 Å². The molecule has 2 aromatic rings. The first-order valence-electron chi connectivity index (χ1n) is 12.1. The number of carboxylic acids is 1. The highest BCUT2D eigenvalue weighted by Gasteiger charge is 2.40. The van der Waals surface area contributed by atoms with Crippen LogP contribution in [0.4, 0.5) is 4.79 Å². The van der Waals surface area contributed by atoms with Crippen molar-refractivity contribution in [3.63, 3.8) is 0 Å². The van der Waals surface area contributed by atoms with Gasteiger partial charge in [0.25, 0.3) is 0 Å². The van der Waals surface area contributed by atoms with Gasteiger partial charge in [0.2, 0.25) is 5.91 Å². The molecule has 2 aliphatic rings. The van der Waals surface area contributed by atoms with Gasteiger partial charge in [0, 0.05) is 32.2 Å². The largest absolute Gasteiger partial charge is 0.481 e. The van der Waals surface area contributed by atoms with Crippen LogP contribution in [-0.4, -0.2) is 56.0 Å². The standard InChI is InChI=1S/C27H32N2O6/c1-2-18(24(30)29-17-27(25(31)32)11-13-34-14-12-27)15-28-26(33)35-16-23-21-9-5-3-7-19(21)20-8-4-6-10-22(20)23/h3-10,18,23H,2,11-17H2,1H3,(H,28,33)(H,29,30)(H,31,32). The van der Waals surface area contributed by atoms with Gasteiger partial charge in [-0.3, -0.25) is 9.59 Å². The minimum absolute atomic E-state index is 0.0369. The van der Waals surface area contributed by atoms with Gasteiger partial charge < -0.3 is 25.2 Å². The van der Waals surface area contributed by atoms with Crippen LogP contribution in [0, 0.1) is 11.3 Å². The number of hydrogen-bond donors (Lipinski definition) is 3. The van der Waals surface area contributed by atoms with Crippen LogP contribution in [0.25, 0.3) is 11.1 Å². The van der Waals surface area contributed by atoms with Gasteiger partial charge in [-0.25, -0.2) is 4.79 Å². The fraction of sp³-hybridized carbons (Fsp3) is 0.444. The number of hydrogen-bond acceptors (Lipinski definition) is 5. The van der Waals surface area contributed by atoms with E-state index >= 15 is 0 Å². The Morgan fingerprint density at radius 1 is 1.03 bits per heavy atom. The number of benzene rings is 2. The Bertz CT molecular complexity index is 1030. The lowest BCUT2D eigenvalue weighted by molar-refractivity contribution is -0.154. The zero-order valence-corrected chi connectivity index (χ0v) is 19.9. The van der Waals surface area contributed by atoms with Gasteiger partial charge in [-0.05, 0) is 41.5 Å². The van der Waals surface area contributed by atoms with Crippen LogP contribution in [0.1, 0.15) is 43.2 Å². The Labute approximate surface area is 205 Å². The quantitative estimate of drug-likeness (QED) is 0.506. The first-order valence-corrected chi connectivity index (χ1v) is 12.1. The minimum Gasteiger partial charge on any atom is -0.481 e. The van der Waals surface area contributed by atoms with Gasteiger partial charge in [-0.1, -0.05) is 55.5 Å². The molecule has 0 saturated carbocycles. The van der Waals surface area contributed by atoms with Gasteiger partial charge in [0.15, 0.2) is 0 Å². The summed E-state index contributed by atoms with van der Waals surface area (Å²) >= 11 is 0. The van der Waals surface area contributed by atoms with Crippen LogP contribution in [0.3, 0.4) is 0 Å². The Morgan fingerprint density at radius 3 is 2.20 bits per heavy atom. The summed E-state index contributed by atoms with van der Waals surface area (Å²) in [5.74, 6) is -1.73. The molecule has 0 aromatic heterocycles. The van der Waals surface area contributed by atoms with Gasteiger partial charge in [0.1, 0.15) is 6.61 Å². The fourth-order valence-corrected chi connectivity index (χ4v) is 4.91. The summed E-state index contributed by atoms with van der Waals surface area (Å²) < 4.78 is 10.8. The van der Waals surface area contributed by atoms with Gasteiger partial charge >= 0.3 is 12.1 Å². The van der Waals surface area contributed by atoms with E-state index in [9.17, 15) is 19.5 Å². The maximum absolute atomic E-state index is 12.7. The van der Waals surface area contributed by atoms with Crippen LogP contribution < -0.4 is 10.6 Å². The van der Waals surface area contributed by atoms with Crippen molar-refractivity contribution in [2.45, 2.75) is 32.1 Å². The van der Waals surface area contributed by atoms with E-state index in [1.807, 2.05) is 31.2 Å². The van der Waals surface area contributed by atoms with Crippen molar-refractivity contribution in [1.82, 2.24) is 10.6 Å². The van der Waals surface area contributed by atoms with Crippen LogP contribution in [-0.2, 0) is 19.1 Å². The molecule has 8 heteroatoms. The fourth-order valence-electron chi connectivity index (χ4n) is 4.91. The van der Waals surface area contributed by atoms with Gasteiger partial charge in [-0.15, -0.1) is 0 Å². The number of ether oxygens (including phenoxy) is 2. The van der Waals surface area contributed by atoms with Crippen molar-refractivity contribution in [2.75, 3.05) is 32.9 Å². The number of carbonyl (C=O) groups excluding carboxylic acids is 2. The lowest BCUT2D eigenvalue weighted by Gasteiger charge is -2.33. The third-order valence-electron chi connectivity index (χ3n) is 7.20. The number of carbonyl (C=O) groups is 3. The highest BCUT2D eigenvalue weighted by atomic mass is 16.5. The molecule has 1 aliphatic heterocycles. The monoisotopic (exact) mass is 480 g/mol. The van der Waals surface area contributed by atoms with E-state index in [1.54, 1.807) is 0 Å². The number of nitrogens with one attached hydrogen (secondary N) is 2. The highest BCUT2D eigenvalue weighted by molar-refractivity contribution is 5.82. The molecule has 0 bridgehead atoms. The molecule has 8 nitrogen and oxygen atoms in total. The highest BCUT2D eigenvalue weighted by Crippen LogP contribution is 2.44. The van der Waals surface area contributed by atoms with Crippen LogP contribution in [0.5, 0.6) is 0 Å². The number of amides is 2. The zero-order chi connectivity index (χ0) is 24.8. The molecule has 2 amide bonds. The molecule has 186 valence electrons. The second-order valence-electron chi connectivity index (χ2n) is 9.23. The summed E-state index contributed by atoms with van der Waals surface area (Å²) in [7, 11) is 0. The minimum atomic E-state index is -1.01. The van der Waals surface area contributed by atoms with Crippen LogP contribution in [0.2, 0.25) is 0 Å². The number of carboxylic acid groups (broad SMARTS) is 1. The summed E-state index contributed by atoms with van der Waals surface area (Å²) in [6.07, 6.45) is 0.637. The summed E-state index contributed by atoms with van der Waals surface area (Å²) in [6.45, 7) is 2.94. The average molecular weight is 481 g/mol. The first-order chi connectivity index (χ1) is 16.9. The van der Waals surface area contributed by atoms with Gasteiger partial charge in [0.05, 0.1) is 11.3 Å². The summed E-state index contributed by atoms with van der Waals surface area (Å²) in [6, 6.07) is 16.2. The Morgan fingerprint density at radius 2 is 1.63 bits per heavy atom. The van der Waals surface area contributed by atoms with Crippen molar-refractivity contribution in [2.24, 2.45) is 11.3 Å². The normalized spacial score (nSPS) is 17.1. The second-order valence-corrected chi connectivity index (χ2v) is 9.23. The molecule has 1 aliphatic carbocycles. The Hall–Kier alpha value is -3.39. The number of fused-ring (bicyclic) bond motifs is 3. The average Bonchev–Trinajstić information content (AvgIpc) is 3.20. The Kier molecular flexibility index (Phi) is 7.70. The molecule has 1 unspecified atom stereocenters. The smallest absolute Gasteiger partial charge is 0.407 e. The van der Waals surface area contributed by atoms with Crippen molar-refractivity contribution >= 4 is 18.0 Å². The van der Waals surface area contributed by atoms with Crippen molar-refractivity contribution in [1.29, 1.82) is 0 Å². The Balaban J connectivity index is 1.28. The van der Waals surface area contributed by atoms with Crippen LogP contribution in [0.15, 0.2) is 48.5 Å². The van der Waals surface area contributed by atoms with E-state index in [2.05, 4.69) is 34.9 Å². The predicted octanol–water partition coefficient (Wildman–Crippen LogP) is 3.55. The first kappa shape index (κ1) is 24.7. The maximum Gasteiger partial charge on any atom is 0.407 e. The molecule has 1 fully saturated rings. The molecule has 0 spiro atoms. The lowest BCUT2D eigenvalue weighted by atomic mass is 9.80. The SMILES string of the molecule is CCC(CNC(=O)OCC1c2ccccc2-c2ccccc21)C(=O)NCC1(C(=O)O)CCOCC1. The third kappa shape index (κ3) is 5.32. The third-order valence-corrected chi connectivity index (χ3v) is 7.20. The predicted molar refractivity (Wildman–Crippen MR) is 130 cm³/mol. The molecule has 0 radical (unpaired) electrons. The van der Waals surface area contributed by atoms with E-state index in [0.717, 1.165) is 22.3 Å². The number of aliphatic carboxylic acids is 1. The van der Waals surface area contributed by atoms with Crippen molar-refractivity contribution in [3.05, 3.63) is 59.7 Å². The molecular weight excluding hydrogens is 448 g/mol. The van der Waals surface area contributed by atoms with E-state index < -0.39 is 23.4 Å². The molecule has 2 aromatic carbocycles. The van der Waals surface area contributed by atoms with E-state index in [4.69, 9.17) is 9.47 Å². The van der Waals surface area contributed by atoms with Crippen molar-refractivity contribution < 1.29 is 29.0 Å². The molecule has 1 atom stereocenters. The van der Waals surface area contributed by atoms with E-state index in [-0.39, 0.29) is 31.5 Å². The number of alkyl carbamates (subject to hydrolysis) is 1. The molecule has 1 heterocycles. The summed E-state index contributed by atoms with van der Waals surface area (Å²) in [5, 5.41) is 15.1. The van der Waals surface area contributed by atoms with Gasteiger partial charge in [-0.2, -0.15) is 0 Å². The molecule has 1 saturated heterocycles. The molecule has 35 heavy (non-hydrogen) atoms. The molecule has 4 rings (SSSR count). The van der Waals surface area contributed by atoms with E-state index in [1.165, 1.54) is 0 Å². The topological polar surface area (TPSA) is 114 Å². The molecule has 3 N–H and O–H groups in total. The summed E-state index contributed by atoms with van der Waals surface area (Å²) in [5.41, 5.74) is 3.57. The maximum atomic E-state index is 12.7. The number of rotatable bonds is 9.